The number of ether oxygens (including phenoxy) is 1. The molecule has 2 aliphatic heterocycles. The van der Waals surface area contributed by atoms with Crippen LogP contribution in [0.1, 0.15) is 31.4 Å². The first-order valence-corrected chi connectivity index (χ1v) is 11.1. The molecule has 2 atom stereocenters. The van der Waals surface area contributed by atoms with E-state index in [1.54, 1.807) is 6.20 Å². The Morgan fingerprint density at radius 1 is 1.16 bits per heavy atom. The molecular formula is C22H29N7O2. The van der Waals surface area contributed by atoms with Crippen LogP contribution in [0, 0.1) is 5.92 Å². The van der Waals surface area contributed by atoms with E-state index in [9.17, 15) is 5.11 Å². The summed E-state index contributed by atoms with van der Waals surface area (Å²) in [4.78, 5) is 4.56. The molecule has 164 valence electrons. The second-order valence-electron chi connectivity index (χ2n) is 8.34. The molecular weight excluding hydrogens is 394 g/mol. The van der Waals surface area contributed by atoms with Crippen molar-refractivity contribution in [2.75, 3.05) is 49.2 Å². The largest absolute Gasteiger partial charge is 0.388 e. The third kappa shape index (κ3) is 4.07. The molecule has 9 heteroatoms. The van der Waals surface area contributed by atoms with E-state index in [0.717, 1.165) is 86.8 Å². The summed E-state index contributed by atoms with van der Waals surface area (Å²) in [5, 5.41) is 29.0. The number of aryl methyl sites for hydroxylation is 1. The van der Waals surface area contributed by atoms with Gasteiger partial charge in [0.15, 0.2) is 5.82 Å². The van der Waals surface area contributed by atoms with Crippen LogP contribution in [0.3, 0.4) is 0 Å². The fourth-order valence-electron chi connectivity index (χ4n) is 4.65. The molecule has 1 N–H and O–H groups in total. The summed E-state index contributed by atoms with van der Waals surface area (Å²) in [6, 6.07) is 6.33. The third-order valence-electron chi connectivity index (χ3n) is 6.41. The Balaban J connectivity index is 1.38. The normalized spacial score (nSPS) is 20.9. The molecule has 0 saturated carbocycles. The Morgan fingerprint density at radius 3 is 2.84 bits per heavy atom. The molecule has 0 bridgehead atoms. The minimum atomic E-state index is -0.530. The van der Waals surface area contributed by atoms with Gasteiger partial charge in [0.1, 0.15) is 5.52 Å². The van der Waals surface area contributed by atoms with Crippen molar-refractivity contribution in [3.05, 3.63) is 36.2 Å². The van der Waals surface area contributed by atoms with E-state index in [4.69, 9.17) is 4.74 Å². The summed E-state index contributed by atoms with van der Waals surface area (Å²) < 4.78 is 7.32. The maximum absolute atomic E-state index is 11.0. The van der Waals surface area contributed by atoms with Gasteiger partial charge in [-0.1, -0.05) is 0 Å². The molecule has 9 nitrogen and oxygen atoms in total. The summed E-state index contributed by atoms with van der Waals surface area (Å²) >= 11 is 0. The van der Waals surface area contributed by atoms with E-state index >= 15 is 0 Å². The van der Waals surface area contributed by atoms with Crippen LogP contribution in [0.4, 0.5) is 11.5 Å². The summed E-state index contributed by atoms with van der Waals surface area (Å²) in [6.45, 7) is 7.75. The number of hydrogen-bond donors (Lipinski definition) is 1. The van der Waals surface area contributed by atoms with E-state index < -0.39 is 6.10 Å². The molecule has 5 rings (SSSR count). The molecule has 1 unspecified atom stereocenters. The molecule has 3 aromatic rings. The molecule has 1 aromatic carbocycles. The number of anilines is 2. The fourth-order valence-corrected chi connectivity index (χ4v) is 4.65. The van der Waals surface area contributed by atoms with Crippen molar-refractivity contribution < 1.29 is 9.84 Å². The van der Waals surface area contributed by atoms with Crippen molar-refractivity contribution in [3.8, 4) is 0 Å². The predicted octanol–water partition coefficient (Wildman–Crippen LogP) is 2.03. The lowest BCUT2D eigenvalue weighted by Crippen LogP contribution is -2.38. The number of morpholine rings is 1. The minimum Gasteiger partial charge on any atom is -0.388 e. The number of rotatable bonds is 5. The molecule has 4 heterocycles. The van der Waals surface area contributed by atoms with Crippen molar-refractivity contribution >= 4 is 22.4 Å². The SMILES string of the molecule is CCn1cc(C(O)[C@H]2CCCN(c3nnnc4cc(N5CCOCC5)ccc34)C2)cn1. The molecule has 31 heavy (non-hydrogen) atoms. The van der Waals surface area contributed by atoms with Crippen LogP contribution in [0.5, 0.6) is 0 Å². The third-order valence-corrected chi connectivity index (χ3v) is 6.41. The maximum Gasteiger partial charge on any atom is 0.162 e. The highest BCUT2D eigenvalue weighted by Gasteiger charge is 2.29. The standard InChI is InChI=1S/C22H29N7O2/c1-2-29-15-17(13-23-29)21(30)16-4-3-7-28(14-16)22-19-6-5-18(12-20(19)24-26-25-22)27-8-10-31-11-9-27/h5-6,12-13,15-16,21,30H,2-4,7-11,14H2,1H3/t16-,21?/m0/s1. The summed E-state index contributed by atoms with van der Waals surface area (Å²) in [5.74, 6) is 0.973. The second kappa shape index (κ2) is 8.76. The van der Waals surface area contributed by atoms with Gasteiger partial charge in [0.25, 0.3) is 0 Å². The van der Waals surface area contributed by atoms with E-state index in [1.807, 2.05) is 17.8 Å². The Morgan fingerprint density at radius 2 is 2.03 bits per heavy atom. The van der Waals surface area contributed by atoms with Crippen molar-refractivity contribution in [1.29, 1.82) is 0 Å². The van der Waals surface area contributed by atoms with Gasteiger partial charge in [0.2, 0.25) is 0 Å². The first kappa shape index (κ1) is 20.1. The topological polar surface area (TPSA) is 92.4 Å². The molecule has 2 aliphatic rings. The number of aliphatic hydroxyl groups excluding tert-OH is 1. The average molecular weight is 424 g/mol. The predicted molar refractivity (Wildman–Crippen MR) is 118 cm³/mol. The Hall–Kier alpha value is -2.78. The molecule has 2 saturated heterocycles. The van der Waals surface area contributed by atoms with Gasteiger partial charge in [-0.15, -0.1) is 10.2 Å². The lowest BCUT2D eigenvalue weighted by atomic mass is 9.89. The first-order chi connectivity index (χ1) is 15.2. The zero-order valence-corrected chi connectivity index (χ0v) is 17.9. The van der Waals surface area contributed by atoms with E-state index in [1.165, 1.54) is 0 Å². The van der Waals surface area contributed by atoms with Crippen LogP contribution in [-0.2, 0) is 11.3 Å². The Bertz CT molecular complexity index is 1030. The average Bonchev–Trinajstić information content (AvgIpc) is 3.33. The lowest BCUT2D eigenvalue weighted by molar-refractivity contribution is 0.0979. The van der Waals surface area contributed by atoms with Gasteiger partial charge in [0, 0.05) is 61.5 Å². The van der Waals surface area contributed by atoms with Crippen LogP contribution in [0.15, 0.2) is 30.6 Å². The van der Waals surface area contributed by atoms with E-state index in [2.05, 4.69) is 48.5 Å². The monoisotopic (exact) mass is 423 g/mol. The van der Waals surface area contributed by atoms with Crippen molar-refractivity contribution in [3.63, 3.8) is 0 Å². The van der Waals surface area contributed by atoms with Crippen LogP contribution in [0.2, 0.25) is 0 Å². The molecule has 2 aromatic heterocycles. The highest BCUT2D eigenvalue weighted by atomic mass is 16.5. The number of fused-ring (bicyclic) bond motifs is 1. The summed E-state index contributed by atoms with van der Waals surface area (Å²) in [7, 11) is 0. The Kier molecular flexibility index (Phi) is 5.69. The quantitative estimate of drug-likeness (QED) is 0.666. The number of piperidine rings is 1. The lowest BCUT2D eigenvalue weighted by Gasteiger charge is -2.35. The summed E-state index contributed by atoms with van der Waals surface area (Å²) in [5.41, 5.74) is 2.87. The number of benzene rings is 1. The van der Waals surface area contributed by atoms with Crippen LogP contribution >= 0.6 is 0 Å². The fraction of sp³-hybridized carbons (Fsp3) is 0.545. The highest BCUT2D eigenvalue weighted by molar-refractivity contribution is 5.91. The smallest absolute Gasteiger partial charge is 0.162 e. The van der Waals surface area contributed by atoms with Gasteiger partial charge >= 0.3 is 0 Å². The maximum atomic E-state index is 11.0. The van der Waals surface area contributed by atoms with Crippen molar-refractivity contribution in [1.82, 2.24) is 25.2 Å². The van der Waals surface area contributed by atoms with Crippen LogP contribution in [-0.4, -0.2) is 69.7 Å². The van der Waals surface area contributed by atoms with Gasteiger partial charge < -0.3 is 19.6 Å². The highest BCUT2D eigenvalue weighted by Crippen LogP contribution is 2.34. The van der Waals surface area contributed by atoms with Gasteiger partial charge in [0.05, 0.1) is 25.5 Å². The van der Waals surface area contributed by atoms with Crippen molar-refractivity contribution in [2.45, 2.75) is 32.4 Å². The van der Waals surface area contributed by atoms with Crippen LogP contribution < -0.4 is 9.80 Å². The molecule has 0 spiro atoms. The van der Waals surface area contributed by atoms with Crippen LogP contribution in [0.25, 0.3) is 10.9 Å². The summed E-state index contributed by atoms with van der Waals surface area (Å²) in [6.07, 6.45) is 5.17. The Labute approximate surface area is 181 Å². The van der Waals surface area contributed by atoms with E-state index in [-0.39, 0.29) is 5.92 Å². The molecule has 0 aliphatic carbocycles. The zero-order valence-electron chi connectivity index (χ0n) is 17.9. The first-order valence-electron chi connectivity index (χ1n) is 11.1. The second-order valence-corrected chi connectivity index (χ2v) is 8.34. The minimum absolute atomic E-state index is 0.126. The van der Waals surface area contributed by atoms with E-state index in [0.29, 0.717) is 0 Å². The number of nitrogens with zero attached hydrogens (tertiary/aromatic N) is 7. The van der Waals surface area contributed by atoms with Crippen molar-refractivity contribution in [2.24, 2.45) is 5.92 Å². The van der Waals surface area contributed by atoms with Gasteiger partial charge in [-0.3, -0.25) is 4.68 Å². The number of aromatic nitrogens is 5. The molecule has 2 fully saturated rings. The molecule has 0 amide bonds. The molecule has 0 radical (unpaired) electrons. The van der Waals surface area contributed by atoms with Gasteiger partial charge in [-0.05, 0) is 43.2 Å². The van der Waals surface area contributed by atoms with Gasteiger partial charge in [-0.2, -0.15) is 5.10 Å². The zero-order chi connectivity index (χ0) is 21.2. The number of hydrogen-bond acceptors (Lipinski definition) is 8. The van der Waals surface area contributed by atoms with Gasteiger partial charge in [-0.25, -0.2) is 0 Å². The number of aliphatic hydroxyl groups is 1.